The van der Waals surface area contributed by atoms with E-state index in [9.17, 15) is 0 Å². The number of hydrogen-bond donors (Lipinski definition) is 1. The minimum atomic E-state index is 0.726. The number of allylic oxidation sites excluding steroid dienone is 2. The fourth-order valence-electron chi connectivity index (χ4n) is 3.64. The third kappa shape index (κ3) is 3.77. The molecule has 3 nitrogen and oxygen atoms in total. The van der Waals surface area contributed by atoms with Gasteiger partial charge in [-0.15, -0.1) is 0 Å². The third-order valence-corrected chi connectivity index (χ3v) is 5.18. The summed E-state index contributed by atoms with van der Waals surface area (Å²) >= 11 is 0. The average Bonchev–Trinajstić information content (AvgIpc) is 2.57. The molecule has 0 bridgehead atoms. The molecule has 2 N–H and O–H groups in total. The Hall–Kier alpha value is -1.61. The van der Waals surface area contributed by atoms with Crippen molar-refractivity contribution in [1.29, 1.82) is 0 Å². The highest BCUT2D eigenvalue weighted by Gasteiger charge is 2.27. The summed E-state index contributed by atoms with van der Waals surface area (Å²) in [6.45, 7) is 12.3. The molecule has 1 aliphatic carbocycles. The van der Waals surface area contributed by atoms with Crippen LogP contribution in [0.4, 0.5) is 5.82 Å². The zero-order valence-corrected chi connectivity index (χ0v) is 13.8. The van der Waals surface area contributed by atoms with Gasteiger partial charge in [0.2, 0.25) is 0 Å². The van der Waals surface area contributed by atoms with E-state index in [2.05, 4.69) is 41.6 Å². The van der Waals surface area contributed by atoms with E-state index in [4.69, 9.17) is 0 Å². The van der Waals surface area contributed by atoms with Gasteiger partial charge in [-0.1, -0.05) is 24.3 Å². The van der Waals surface area contributed by atoms with E-state index in [1.165, 1.54) is 50.3 Å². The molecule has 0 radical (unpaired) electrons. The van der Waals surface area contributed by atoms with Gasteiger partial charge in [0.25, 0.3) is 5.82 Å². The Kier molecular flexibility index (Phi) is 4.94. The van der Waals surface area contributed by atoms with Crippen LogP contribution in [0.3, 0.4) is 0 Å². The van der Waals surface area contributed by atoms with Crippen LogP contribution in [0.15, 0.2) is 48.2 Å². The van der Waals surface area contributed by atoms with Gasteiger partial charge in [0.1, 0.15) is 26.2 Å². The largest absolute Gasteiger partial charge is 0.325 e. The van der Waals surface area contributed by atoms with Crippen molar-refractivity contribution in [2.75, 3.05) is 37.6 Å². The molecule has 118 valence electrons. The van der Waals surface area contributed by atoms with Crippen LogP contribution in [0.25, 0.3) is 0 Å². The Morgan fingerprint density at radius 3 is 2.77 bits per heavy atom. The lowest BCUT2D eigenvalue weighted by Gasteiger charge is -2.30. The minimum Gasteiger partial charge on any atom is -0.325 e. The zero-order valence-electron chi connectivity index (χ0n) is 13.8. The van der Waals surface area contributed by atoms with Crippen LogP contribution in [-0.2, 0) is 0 Å². The number of nitrogens with one attached hydrogen (secondary N) is 2. The molecule has 1 saturated heterocycles. The predicted octanol–water partition coefficient (Wildman–Crippen LogP) is 1.51. The van der Waals surface area contributed by atoms with Crippen LogP contribution in [-0.4, -0.2) is 32.7 Å². The van der Waals surface area contributed by atoms with Crippen molar-refractivity contribution >= 4 is 5.82 Å². The number of quaternary nitrogens is 1. The van der Waals surface area contributed by atoms with Crippen LogP contribution in [0.5, 0.6) is 0 Å². The van der Waals surface area contributed by atoms with Crippen LogP contribution in [0.1, 0.15) is 26.2 Å². The van der Waals surface area contributed by atoms with Gasteiger partial charge in [-0.2, -0.15) is 0 Å². The lowest BCUT2D eigenvalue weighted by molar-refractivity contribution is -0.896. The lowest BCUT2D eigenvalue weighted by Crippen LogP contribution is -3.15. The van der Waals surface area contributed by atoms with Gasteiger partial charge in [0, 0.05) is 6.07 Å². The summed E-state index contributed by atoms with van der Waals surface area (Å²) in [7, 11) is 0. The quantitative estimate of drug-likeness (QED) is 0.836. The smallest absolute Gasteiger partial charge is 0.274 e. The number of nitrogens with zero attached hydrogens (tertiary/aromatic N) is 1. The molecule has 1 fully saturated rings. The summed E-state index contributed by atoms with van der Waals surface area (Å²) in [4.78, 5) is 7.56. The Labute approximate surface area is 134 Å². The first-order chi connectivity index (χ1) is 10.7. The number of anilines is 1. The number of pyridine rings is 1. The number of piperazine rings is 1. The number of aromatic amines is 1. The minimum absolute atomic E-state index is 0.726. The second-order valence-electron chi connectivity index (χ2n) is 6.84. The first-order valence-corrected chi connectivity index (χ1v) is 8.61. The van der Waals surface area contributed by atoms with E-state index in [1.807, 2.05) is 12.3 Å². The maximum atomic E-state index is 4.11. The predicted molar refractivity (Wildman–Crippen MR) is 91.0 cm³/mol. The lowest BCUT2D eigenvalue weighted by atomic mass is 9.85. The summed E-state index contributed by atoms with van der Waals surface area (Å²) in [5.74, 6) is 1.98. The standard InChI is InChI=1S/C19H27N3/c1-16(2)18-8-6-17(7-9-18)15-21-11-13-22(14-12-21)19-5-3-4-10-20-19/h3-6,10,18H,1,7-9,11-15H2,2H3/p+2/t18-/m0/s1. The van der Waals surface area contributed by atoms with E-state index >= 15 is 0 Å². The van der Waals surface area contributed by atoms with E-state index in [-0.39, 0.29) is 0 Å². The second kappa shape index (κ2) is 7.10. The molecule has 2 heterocycles. The van der Waals surface area contributed by atoms with E-state index in [1.54, 1.807) is 10.5 Å². The van der Waals surface area contributed by atoms with Crippen molar-refractivity contribution in [1.82, 2.24) is 0 Å². The topological polar surface area (TPSA) is 21.8 Å². The summed E-state index contributed by atoms with van der Waals surface area (Å²) in [6.07, 6.45) is 8.30. The Balaban J connectivity index is 1.48. The van der Waals surface area contributed by atoms with Crippen LogP contribution in [0.2, 0.25) is 0 Å². The maximum Gasteiger partial charge on any atom is 0.274 e. The Morgan fingerprint density at radius 1 is 1.36 bits per heavy atom. The molecule has 0 spiro atoms. The molecular formula is C19H29N3+2. The van der Waals surface area contributed by atoms with Gasteiger partial charge in [-0.25, -0.2) is 4.98 Å². The van der Waals surface area contributed by atoms with Gasteiger partial charge in [-0.3, -0.25) is 4.90 Å². The molecule has 3 heteroatoms. The molecule has 2 aliphatic rings. The summed E-state index contributed by atoms with van der Waals surface area (Å²) in [5.41, 5.74) is 3.03. The fraction of sp³-hybridized carbons (Fsp3) is 0.526. The number of hydrogen-bond acceptors (Lipinski definition) is 1. The van der Waals surface area contributed by atoms with Crippen LogP contribution >= 0.6 is 0 Å². The summed E-state index contributed by atoms with van der Waals surface area (Å²) in [6, 6.07) is 6.32. The number of H-pyrrole nitrogens is 1. The Morgan fingerprint density at radius 2 is 2.18 bits per heavy atom. The zero-order chi connectivity index (χ0) is 15.4. The number of rotatable bonds is 4. The molecule has 22 heavy (non-hydrogen) atoms. The normalized spacial score (nSPS) is 23.2. The van der Waals surface area contributed by atoms with Crippen LogP contribution in [0, 0.1) is 5.92 Å². The molecule has 0 saturated carbocycles. The summed E-state index contributed by atoms with van der Waals surface area (Å²) in [5, 5.41) is 0. The van der Waals surface area contributed by atoms with Gasteiger partial charge in [0.05, 0.1) is 12.7 Å². The van der Waals surface area contributed by atoms with Gasteiger partial charge in [-0.05, 0) is 43.7 Å². The molecule has 1 aromatic heterocycles. The molecule has 0 aromatic carbocycles. The monoisotopic (exact) mass is 299 g/mol. The fourth-order valence-corrected chi connectivity index (χ4v) is 3.64. The highest BCUT2D eigenvalue weighted by molar-refractivity contribution is 5.31. The third-order valence-electron chi connectivity index (χ3n) is 5.18. The van der Waals surface area contributed by atoms with Crippen molar-refractivity contribution in [3.8, 4) is 0 Å². The second-order valence-corrected chi connectivity index (χ2v) is 6.84. The molecule has 1 aliphatic heterocycles. The maximum absolute atomic E-state index is 4.11. The van der Waals surface area contributed by atoms with Gasteiger partial charge in [0.15, 0.2) is 0 Å². The van der Waals surface area contributed by atoms with Crippen molar-refractivity contribution in [2.24, 2.45) is 5.92 Å². The average molecular weight is 299 g/mol. The molecule has 1 aromatic rings. The first kappa shape index (κ1) is 15.3. The van der Waals surface area contributed by atoms with Crippen molar-refractivity contribution in [3.05, 3.63) is 48.2 Å². The molecule has 0 unspecified atom stereocenters. The SMILES string of the molecule is C=C(C)[C@H]1CC=C(C[NH+]2CCN(c3cccc[nH+]3)CC2)CC1. The van der Waals surface area contributed by atoms with E-state index in [0.29, 0.717) is 0 Å². The number of aromatic nitrogens is 1. The van der Waals surface area contributed by atoms with E-state index < -0.39 is 0 Å². The summed E-state index contributed by atoms with van der Waals surface area (Å²) < 4.78 is 0. The molecule has 0 amide bonds. The van der Waals surface area contributed by atoms with Crippen LogP contribution < -0.4 is 14.8 Å². The van der Waals surface area contributed by atoms with E-state index in [0.717, 1.165) is 19.0 Å². The Bertz CT molecular complexity index is 527. The van der Waals surface area contributed by atoms with Gasteiger partial charge < -0.3 is 4.90 Å². The first-order valence-electron chi connectivity index (χ1n) is 8.61. The molecular weight excluding hydrogens is 270 g/mol. The highest BCUT2D eigenvalue weighted by atomic mass is 15.3. The highest BCUT2D eigenvalue weighted by Crippen LogP contribution is 2.27. The van der Waals surface area contributed by atoms with Crippen molar-refractivity contribution < 1.29 is 9.88 Å². The molecule has 3 rings (SSSR count). The van der Waals surface area contributed by atoms with Crippen molar-refractivity contribution in [3.63, 3.8) is 0 Å². The van der Waals surface area contributed by atoms with Gasteiger partial charge >= 0.3 is 0 Å². The van der Waals surface area contributed by atoms with Crippen molar-refractivity contribution in [2.45, 2.75) is 26.2 Å². The molecule has 1 atom stereocenters.